The summed E-state index contributed by atoms with van der Waals surface area (Å²) in [6.07, 6.45) is 1.19. The monoisotopic (exact) mass is 240 g/mol. The molecule has 1 aromatic rings. The Balaban J connectivity index is 2.75. The van der Waals surface area contributed by atoms with Crippen LogP contribution in [0.5, 0.6) is 5.75 Å². The topological polar surface area (TPSA) is 26.3 Å². The standard InChI is InChI=1S/C13H17ClO2/c1-13(2,9-12(14)15)8-10-5-4-6-11(7-10)16-3/h4-7H,8-9H2,1-3H3. The van der Waals surface area contributed by atoms with Crippen molar-refractivity contribution in [3.63, 3.8) is 0 Å². The van der Waals surface area contributed by atoms with Crippen LogP contribution in [0.15, 0.2) is 24.3 Å². The van der Waals surface area contributed by atoms with Crippen LogP contribution < -0.4 is 4.74 Å². The third-order valence-corrected chi connectivity index (χ3v) is 2.57. The molecule has 0 amide bonds. The van der Waals surface area contributed by atoms with Gasteiger partial charge in [0.2, 0.25) is 5.24 Å². The van der Waals surface area contributed by atoms with E-state index in [4.69, 9.17) is 16.3 Å². The Morgan fingerprint density at radius 3 is 2.69 bits per heavy atom. The van der Waals surface area contributed by atoms with Crippen molar-refractivity contribution in [1.29, 1.82) is 0 Å². The predicted molar refractivity (Wildman–Crippen MR) is 66.0 cm³/mol. The molecule has 1 rings (SSSR count). The molecule has 0 bridgehead atoms. The first-order chi connectivity index (χ1) is 7.43. The number of methoxy groups -OCH3 is 1. The summed E-state index contributed by atoms with van der Waals surface area (Å²) in [7, 11) is 1.65. The Kier molecular flexibility index (Phi) is 4.36. The minimum atomic E-state index is -0.284. The average molecular weight is 241 g/mol. The van der Waals surface area contributed by atoms with Gasteiger partial charge in [0.15, 0.2) is 0 Å². The van der Waals surface area contributed by atoms with E-state index in [1.165, 1.54) is 0 Å². The average Bonchev–Trinajstić information content (AvgIpc) is 2.15. The minimum absolute atomic E-state index is 0.120. The number of benzene rings is 1. The number of ether oxygens (including phenoxy) is 1. The molecule has 2 nitrogen and oxygen atoms in total. The maximum Gasteiger partial charge on any atom is 0.222 e. The molecule has 0 radical (unpaired) electrons. The Morgan fingerprint density at radius 1 is 1.44 bits per heavy atom. The lowest BCUT2D eigenvalue weighted by Gasteiger charge is -2.22. The van der Waals surface area contributed by atoms with E-state index >= 15 is 0 Å². The largest absolute Gasteiger partial charge is 0.497 e. The SMILES string of the molecule is COc1cccc(CC(C)(C)CC(=O)Cl)c1. The van der Waals surface area contributed by atoms with Gasteiger partial charge in [0.05, 0.1) is 7.11 Å². The summed E-state index contributed by atoms with van der Waals surface area (Å²) in [6, 6.07) is 7.87. The normalized spacial score (nSPS) is 11.2. The molecule has 0 spiro atoms. The second-order valence-corrected chi connectivity index (χ2v) is 5.15. The van der Waals surface area contributed by atoms with Crippen molar-refractivity contribution >= 4 is 16.8 Å². The number of halogens is 1. The van der Waals surface area contributed by atoms with Crippen LogP contribution in [-0.4, -0.2) is 12.4 Å². The van der Waals surface area contributed by atoms with E-state index in [2.05, 4.69) is 0 Å². The van der Waals surface area contributed by atoms with Gasteiger partial charge < -0.3 is 4.74 Å². The summed E-state index contributed by atoms with van der Waals surface area (Å²) in [5, 5.41) is -0.284. The van der Waals surface area contributed by atoms with Gasteiger partial charge in [-0.15, -0.1) is 0 Å². The van der Waals surface area contributed by atoms with E-state index in [-0.39, 0.29) is 10.7 Å². The lowest BCUT2D eigenvalue weighted by molar-refractivity contribution is -0.113. The molecule has 0 N–H and O–H groups in total. The fourth-order valence-electron chi connectivity index (χ4n) is 1.77. The second-order valence-electron chi connectivity index (χ2n) is 4.72. The number of hydrogen-bond acceptors (Lipinski definition) is 2. The lowest BCUT2D eigenvalue weighted by atomic mass is 9.83. The zero-order valence-electron chi connectivity index (χ0n) is 9.92. The van der Waals surface area contributed by atoms with Crippen molar-refractivity contribution in [2.24, 2.45) is 5.41 Å². The van der Waals surface area contributed by atoms with E-state index in [1.54, 1.807) is 7.11 Å². The Bertz CT molecular complexity index is 372. The highest BCUT2D eigenvalue weighted by Crippen LogP contribution is 2.28. The van der Waals surface area contributed by atoms with Crippen LogP contribution in [0.25, 0.3) is 0 Å². The molecule has 88 valence electrons. The Labute approximate surface area is 102 Å². The summed E-state index contributed by atoms with van der Waals surface area (Å²) < 4.78 is 5.16. The van der Waals surface area contributed by atoms with Gasteiger partial charge in [-0.1, -0.05) is 26.0 Å². The minimum Gasteiger partial charge on any atom is -0.497 e. The maximum atomic E-state index is 10.9. The first kappa shape index (κ1) is 13.0. The molecule has 3 heteroatoms. The van der Waals surface area contributed by atoms with E-state index in [0.29, 0.717) is 6.42 Å². The van der Waals surface area contributed by atoms with Gasteiger partial charge >= 0.3 is 0 Å². The molecule has 0 aliphatic rings. The van der Waals surface area contributed by atoms with Crippen LogP contribution in [0.2, 0.25) is 0 Å². The quantitative estimate of drug-likeness (QED) is 0.738. The van der Waals surface area contributed by atoms with E-state index < -0.39 is 0 Å². The third-order valence-electron chi connectivity index (χ3n) is 2.43. The van der Waals surface area contributed by atoms with E-state index in [9.17, 15) is 4.79 Å². The molecule has 1 aromatic carbocycles. The van der Waals surface area contributed by atoms with Gasteiger partial charge in [-0.25, -0.2) is 0 Å². The Morgan fingerprint density at radius 2 is 2.12 bits per heavy atom. The van der Waals surface area contributed by atoms with Crippen molar-refractivity contribution in [3.05, 3.63) is 29.8 Å². The molecule has 0 saturated carbocycles. The van der Waals surface area contributed by atoms with Gasteiger partial charge in [0, 0.05) is 6.42 Å². The highest BCUT2D eigenvalue weighted by Gasteiger charge is 2.21. The number of carbonyl (C=O) groups is 1. The van der Waals surface area contributed by atoms with E-state index in [0.717, 1.165) is 17.7 Å². The summed E-state index contributed by atoms with van der Waals surface area (Å²) >= 11 is 5.42. The second kappa shape index (κ2) is 5.35. The van der Waals surface area contributed by atoms with Crippen molar-refractivity contribution in [2.75, 3.05) is 7.11 Å². The summed E-state index contributed by atoms with van der Waals surface area (Å²) in [5.41, 5.74) is 1.04. The van der Waals surface area contributed by atoms with Gasteiger partial charge in [0.25, 0.3) is 0 Å². The molecule has 0 aliphatic heterocycles. The lowest BCUT2D eigenvalue weighted by Crippen LogP contribution is -2.17. The summed E-state index contributed by atoms with van der Waals surface area (Å²) in [4.78, 5) is 10.9. The molecular formula is C13H17ClO2. The maximum absolute atomic E-state index is 10.9. The summed E-state index contributed by atoms with van der Waals surface area (Å²) in [5.74, 6) is 0.838. The molecule has 0 heterocycles. The van der Waals surface area contributed by atoms with Crippen molar-refractivity contribution < 1.29 is 9.53 Å². The molecule has 0 atom stereocenters. The first-order valence-electron chi connectivity index (χ1n) is 5.24. The fourth-order valence-corrected chi connectivity index (χ4v) is 2.14. The molecule has 0 fully saturated rings. The molecular weight excluding hydrogens is 224 g/mol. The fraction of sp³-hybridized carbons (Fsp3) is 0.462. The van der Waals surface area contributed by atoms with Crippen LogP contribution in [0.1, 0.15) is 25.8 Å². The molecule has 0 unspecified atom stereocenters. The van der Waals surface area contributed by atoms with Crippen molar-refractivity contribution in [3.8, 4) is 5.75 Å². The highest BCUT2D eigenvalue weighted by molar-refractivity contribution is 6.63. The predicted octanol–water partition coefficient (Wildman–Crippen LogP) is 3.42. The van der Waals surface area contributed by atoms with Gasteiger partial charge in [-0.05, 0) is 41.1 Å². The van der Waals surface area contributed by atoms with Crippen molar-refractivity contribution in [1.82, 2.24) is 0 Å². The van der Waals surface area contributed by atoms with Crippen LogP contribution in [0.3, 0.4) is 0 Å². The van der Waals surface area contributed by atoms with Gasteiger partial charge in [-0.3, -0.25) is 4.79 Å². The van der Waals surface area contributed by atoms with Crippen molar-refractivity contribution in [2.45, 2.75) is 26.7 Å². The molecule has 0 aromatic heterocycles. The highest BCUT2D eigenvalue weighted by atomic mass is 35.5. The number of carbonyl (C=O) groups excluding carboxylic acids is 1. The van der Waals surface area contributed by atoms with Gasteiger partial charge in [-0.2, -0.15) is 0 Å². The number of hydrogen-bond donors (Lipinski definition) is 0. The van der Waals surface area contributed by atoms with Crippen LogP contribution in [-0.2, 0) is 11.2 Å². The molecule has 0 aliphatic carbocycles. The van der Waals surface area contributed by atoms with Gasteiger partial charge in [0.1, 0.15) is 5.75 Å². The summed E-state index contributed by atoms with van der Waals surface area (Å²) in [6.45, 7) is 4.07. The first-order valence-corrected chi connectivity index (χ1v) is 5.62. The number of rotatable bonds is 5. The van der Waals surface area contributed by atoms with Crippen LogP contribution in [0.4, 0.5) is 0 Å². The Hall–Kier alpha value is -1.02. The molecule has 0 saturated heterocycles. The zero-order valence-corrected chi connectivity index (χ0v) is 10.7. The van der Waals surface area contributed by atoms with Crippen LogP contribution in [0, 0.1) is 5.41 Å². The van der Waals surface area contributed by atoms with Crippen LogP contribution >= 0.6 is 11.6 Å². The third kappa shape index (κ3) is 4.23. The van der Waals surface area contributed by atoms with E-state index in [1.807, 2.05) is 38.1 Å². The molecule has 16 heavy (non-hydrogen) atoms. The zero-order chi connectivity index (χ0) is 12.2. The smallest absolute Gasteiger partial charge is 0.222 e.